The summed E-state index contributed by atoms with van der Waals surface area (Å²) in [5.74, 6) is 0. The first-order valence-corrected chi connectivity index (χ1v) is 4.17. The molecule has 6 nitrogen and oxygen atoms in total. The minimum absolute atomic E-state index is 0.379. The fraction of sp³-hybridized carbons (Fsp3) is 0.250. The van der Waals surface area contributed by atoms with Crippen LogP contribution in [0.25, 0.3) is 6.20 Å². The number of primary amides is 1. The van der Waals surface area contributed by atoms with Crippen molar-refractivity contribution in [1.82, 2.24) is 14.5 Å². The van der Waals surface area contributed by atoms with Gasteiger partial charge in [-0.1, -0.05) is 0 Å². The standard InChI is InChI=1S/C8H10N4O2/c9-7(13)11-3-4-12-2-1-10-8(12)14-6-5-11/h1-4H,5-6H2,(H2,9,13)/b4-3-. The second kappa shape index (κ2) is 3.41. The Hall–Kier alpha value is -1.98. The van der Waals surface area contributed by atoms with Crippen molar-refractivity contribution in [2.45, 2.75) is 0 Å². The number of carbonyl (C=O) groups is 1. The normalized spacial score (nSPS) is 17.6. The lowest BCUT2D eigenvalue weighted by atomic mass is 10.5. The van der Waals surface area contributed by atoms with Crippen LogP contribution in [0.5, 0.6) is 6.01 Å². The van der Waals surface area contributed by atoms with Crippen LogP contribution >= 0.6 is 0 Å². The van der Waals surface area contributed by atoms with Gasteiger partial charge in [0.1, 0.15) is 6.61 Å². The number of hydrogen-bond acceptors (Lipinski definition) is 3. The van der Waals surface area contributed by atoms with E-state index < -0.39 is 6.03 Å². The van der Waals surface area contributed by atoms with Gasteiger partial charge < -0.3 is 10.5 Å². The lowest BCUT2D eigenvalue weighted by molar-refractivity contribution is 0.206. The highest BCUT2D eigenvalue weighted by Crippen LogP contribution is 2.10. The first kappa shape index (κ1) is 8.61. The van der Waals surface area contributed by atoms with Crippen LogP contribution < -0.4 is 10.5 Å². The summed E-state index contributed by atoms with van der Waals surface area (Å²) in [6, 6.07) is 0.0267. The van der Waals surface area contributed by atoms with E-state index in [1.54, 1.807) is 29.4 Å². The van der Waals surface area contributed by atoms with Crippen LogP contribution in [-0.2, 0) is 0 Å². The molecule has 0 saturated carbocycles. The van der Waals surface area contributed by atoms with Gasteiger partial charge in [0, 0.05) is 24.8 Å². The van der Waals surface area contributed by atoms with Gasteiger partial charge in [0.2, 0.25) is 0 Å². The molecule has 1 aromatic heterocycles. The van der Waals surface area contributed by atoms with E-state index in [1.807, 2.05) is 0 Å². The molecule has 0 bridgehead atoms. The number of nitrogens with zero attached hydrogens (tertiary/aromatic N) is 3. The molecule has 6 heteroatoms. The van der Waals surface area contributed by atoms with Crippen molar-refractivity contribution in [3.8, 4) is 6.01 Å². The molecule has 0 atom stereocenters. The summed E-state index contributed by atoms with van der Waals surface area (Å²) < 4.78 is 6.98. The lowest BCUT2D eigenvalue weighted by Gasteiger charge is -2.18. The molecule has 2 N–H and O–H groups in total. The second-order valence-electron chi connectivity index (χ2n) is 2.80. The van der Waals surface area contributed by atoms with Gasteiger partial charge in [-0.25, -0.2) is 9.78 Å². The molecule has 2 amide bonds. The molecule has 0 aromatic carbocycles. The Labute approximate surface area is 80.6 Å². The van der Waals surface area contributed by atoms with Crippen LogP contribution in [-0.4, -0.2) is 33.6 Å². The van der Waals surface area contributed by atoms with Gasteiger partial charge in [-0.05, 0) is 0 Å². The average Bonchev–Trinajstić information content (AvgIpc) is 2.51. The monoisotopic (exact) mass is 194 g/mol. The minimum atomic E-state index is -0.492. The van der Waals surface area contributed by atoms with Crippen LogP contribution in [0, 0.1) is 0 Å². The van der Waals surface area contributed by atoms with Crippen molar-refractivity contribution in [3.05, 3.63) is 18.6 Å². The summed E-state index contributed by atoms with van der Waals surface area (Å²) >= 11 is 0. The second-order valence-corrected chi connectivity index (χ2v) is 2.80. The topological polar surface area (TPSA) is 73.4 Å². The van der Waals surface area contributed by atoms with Gasteiger partial charge in [-0.3, -0.25) is 9.47 Å². The summed E-state index contributed by atoms with van der Waals surface area (Å²) in [5, 5.41) is 0. The SMILES string of the molecule is NC(=O)N1/C=C\n2ccnc2OCC1. The van der Waals surface area contributed by atoms with Crippen molar-refractivity contribution < 1.29 is 9.53 Å². The molecule has 0 unspecified atom stereocenters. The van der Waals surface area contributed by atoms with Crippen molar-refractivity contribution >= 4 is 12.2 Å². The van der Waals surface area contributed by atoms with E-state index in [9.17, 15) is 4.79 Å². The maximum Gasteiger partial charge on any atom is 0.318 e. The third-order valence-corrected chi connectivity index (χ3v) is 1.89. The molecule has 0 aliphatic carbocycles. The van der Waals surface area contributed by atoms with Crippen LogP contribution in [0.15, 0.2) is 18.6 Å². The van der Waals surface area contributed by atoms with Gasteiger partial charge in [0.15, 0.2) is 0 Å². The summed E-state index contributed by atoms with van der Waals surface area (Å²) in [7, 11) is 0. The molecule has 1 aliphatic rings. The number of ether oxygens (including phenoxy) is 1. The van der Waals surface area contributed by atoms with Gasteiger partial charge in [0.05, 0.1) is 6.54 Å². The third kappa shape index (κ3) is 1.54. The first-order valence-electron chi connectivity index (χ1n) is 4.17. The van der Waals surface area contributed by atoms with E-state index in [-0.39, 0.29) is 0 Å². The molecule has 2 rings (SSSR count). The lowest BCUT2D eigenvalue weighted by Crippen LogP contribution is -2.35. The zero-order valence-electron chi connectivity index (χ0n) is 7.46. The van der Waals surface area contributed by atoms with Crippen LogP contribution in [0.1, 0.15) is 0 Å². The molecule has 0 spiro atoms. The van der Waals surface area contributed by atoms with Crippen molar-refractivity contribution in [2.24, 2.45) is 5.73 Å². The fourth-order valence-electron chi connectivity index (χ4n) is 1.17. The van der Waals surface area contributed by atoms with Crippen LogP contribution in [0.3, 0.4) is 0 Å². The molecule has 0 fully saturated rings. The first-order chi connectivity index (χ1) is 6.77. The molecule has 1 aromatic rings. The van der Waals surface area contributed by atoms with E-state index in [0.717, 1.165) is 0 Å². The predicted molar refractivity (Wildman–Crippen MR) is 49.3 cm³/mol. The number of nitrogens with two attached hydrogens (primary N) is 1. The highest BCUT2D eigenvalue weighted by atomic mass is 16.5. The minimum Gasteiger partial charge on any atom is -0.463 e. The van der Waals surface area contributed by atoms with Crippen molar-refractivity contribution in [1.29, 1.82) is 0 Å². The number of urea groups is 1. The maximum atomic E-state index is 10.9. The Morgan fingerprint density at radius 2 is 2.43 bits per heavy atom. The Morgan fingerprint density at radius 1 is 1.57 bits per heavy atom. The average molecular weight is 194 g/mol. The molecule has 0 radical (unpaired) electrons. The zero-order valence-corrected chi connectivity index (χ0v) is 7.46. The predicted octanol–water partition coefficient (Wildman–Crippen LogP) is 0.0844. The summed E-state index contributed by atoms with van der Waals surface area (Å²) in [5.41, 5.74) is 5.14. The van der Waals surface area contributed by atoms with E-state index in [0.29, 0.717) is 19.2 Å². The Morgan fingerprint density at radius 3 is 3.21 bits per heavy atom. The number of imidazole rings is 1. The van der Waals surface area contributed by atoms with E-state index in [4.69, 9.17) is 10.5 Å². The van der Waals surface area contributed by atoms with E-state index in [2.05, 4.69) is 4.98 Å². The fourth-order valence-corrected chi connectivity index (χ4v) is 1.17. The molecule has 74 valence electrons. The van der Waals surface area contributed by atoms with Gasteiger partial charge in [-0.2, -0.15) is 0 Å². The summed E-state index contributed by atoms with van der Waals surface area (Å²) in [6.07, 6.45) is 6.64. The van der Waals surface area contributed by atoms with Gasteiger partial charge in [-0.15, -0.1) is 0 Å². The molecular weight excluding hydrogens is 184 g/mol. The molecule has 14 heavy (non-hydrogen) atoms. The number of aromatic nitrogens is 2. The van der Waals surface area contributed by atoms with Crippen molar-refractivity contribution in [3.63, 3.8) is 0 Å². The summed E-state index contributed by atoms with van der Waals surface area (Å²) in [6.45, 7) is 0.809. The molecular formula is C8H10N4O2. The third-order valence-electron chi connectivity index (χ3n) is 1.89. The molecule has 2 heterocycles. The highest BCUT2D eigenvalue weighted by molar-refractivity contribution is 5.73. The number of fused-ring (bicyclic) bond motifs is 1. The smallest absolute Gasteiger partial charge is 0.318 e. The van der Waals surface area contributed by atoms with Gasteiger partial charge >= 0.3 is 12.0 Å². The Kier molecular flexibility index (Phi) is 2.10. The Bertz CT molecular complexity index is 371. The summed E-state index contributed by atoms with van der Waals surface area (Å²) in [4.78, 5) is 16.2. The maximum absolute atomic E-state index is 10.9. The molecule has 0 saturated heterocycles. The number of amides is 2. The quantitative estimate of drug-likeness (QED) is 0.635. The Balaban J connectivity index is 2.25. The number of rotatable bonds is 0. The van der Waals surface area contributed by atoms with Gasteiger partial charge in [0.25, 0.3) is 0 Å². The van der Waals surface area contributed by atoms with Crippen LogP contribution in [0.2, 0.25) is 0 Å². The van der Waals surface area contributed by atoms with Crippen LogP contribution in [0.4, 0.5) is 4.79 Å². The largest absolute Gasteiger partial charge is 0.463 e. The number of carbonyl (C=O) groups excluding carboxylic acids is 1. The van der Waals surface area contributed by atoms with E-state index >= 15 is 0 Å². The number of hydrogen-bond donors (Lipinski definition) is 1. The molecule has 1 aliphatic heterocycles. The zero-order chi connectivity index (χ0) is 9.97. The highest BCUT2D eigenvalue weighted by Gasteiger charge is 2.10. The van der Waals surface area contributed by atoms with Crippen molar-refractivity contribution in [2.75, 3.05) is 13.2 Å². The van der Waals surface area contributed by atoms with E-state index in [1.165, 1.54) is 4.90 Å².